The fraction of sp³-hybridized carbons (Fsp3) is 0.520. The number of aromatic nitrogens is 3. The number of H-pyrrole nitrogens is 1. The van der Waals surface area contributed by atoms with Gasteiger partial charge in [0.05, 0.1) is 23.7 Å². The standard InChI is InChI=1S/C25H32N4O3/c1-17-14-21(18(2)28(17)15-20-6-5-13-32-20)24(30)16-27-11-9-19(10-12-27)29-23-8-4-3-7-22(23)26-25(29)31/h3-4,7-8,14,19-20H,5-6,9-13,15-16H2,1-2H3,(H,26,31)/t20-/m0/s1. The Morgan fingerprint density at radius 1 is 1.16 bits per heavy atom. The number of ether oxygens (including phenoxy) is 1. The van der Waals surface area contributed by atoms with Crippen molar-refractivity contribution in [3.8, 4) is 0 Å². The summed E-state index contributed by atoms with van der Waals surface area (Å²) in [7, 11) is 0. The first kappa shape index (κ1) is 21.2. The van der Waals surface area contributed by atoms with Crippen molar-refractivity contribution < 1.29 is 9.53 Å². The third kappa shape index (κ3) is 3.95. The number of hydrogen-bond donors (Lipinski definition) is 1. The van der Waals surface area contributed by atoms with Gasteiger partial charge >= 0.3 is 5.69 Å². The Morgan fingerprint density at radius 2 is 1.94 bits per heavy atom. The second-order valence-electron chi connectivity index (χ2n) is 9.28. The van der Waals surface area contributed by atoms with Gasteiger partial charge in [-0.05, 0) is 57.7 Å². The number of nitrogens with one attached hydrogen (secondary N) is 1. The van der Waals surface area contributed by atoms with Gasteiger partial charge in [0.2, 0.25) is 0 Å². The number of aromatic amines is 1. The summed E-state index contributed by atoms with van der Waals surface area (Å²) in [6.07, 6.45) is 4.21. The first-order valence-electron chi connectivity index (χ1n) is 11.7. The molecule has 1 aromatic carbocycles. The van der Waals surface area contributed by atoms with Crippen LogP contribution in [0.2, 0.25) is 0 Å². The van der Waals surface area contributed by atoms with E-state index < -0.39 is 0 Å². The molecule has 0 saturated carbocycles. The number of ketones is 1. The number of rotatable bonds is 6. The highest BCUT2D eigenvalue weighted by Crippen LogP contribution is 2.26. The van der Waals surface area contributed by atoms with Crippen molar-refractivity contribution in [3.63, 3.8) is 0 Å². The van der Waals surface area contributed by atoms with Gasteiger partial charge in [-0.1, -0.05) is 12.1 Å². The number of piperidine rings is 1. The minimum Gasteiger partial charge on any atom is -0.376 e. The summed E-state index contributed by atoms with van der Waals surface area (Å²) in [5, 5.41) is 0. The van der Waals surface area contributed by atoms with E-state index in [4.69, 9.17) is 4.74 Å². The summed E-state index contributed by atoms with van der Waals surface area (Å²) >= 11 is 0. The van der Waals surface area contributed by atoms with E-state index in [0.29, 0.717) is 6.54 Å². The SMILES string of the molecule is Cc1cc(C(=O)CN2CCC(n3c(=O)[nH]c4ccccc43)CC2)c(C)n1C[C@@H]1CCCO1. The van der Waals surface area contributed by atoms with Crippen LogP contribution in [0.1, 0.15) is 53.5 Å². The van der Waals surface area contributed by atoms with Crippen LogP contribution in [0.5, 0.6) is 0 Å². The lowest BCUT2D eigenvalue weighted by atomic mass is 10.0. The number of imidazole rings is 1. The summed E-state index contributed by atoms with van der Waals surface area (Å²) in [6.45, 7) is 7.86. The lowest BCUT2D eigenvalue weighted by Gasteiger charge is -2.32. The van der Waals surface area contributed by atoms with Gasteiger partial charge in [-0.3, -0.25) is 14.3 Å². The number of Topliss-reactive ketones (excluding diaryl/α,β-unsaturated/α-hetero) is 1. The summed E-state index contributed by atoms with van der Waals surface area (Å²) in [6, 6.07) is 10.0. The van der Waals surface area contributed by atoms with Crippen molar-refractivity contribution in [2.24, 2.45) is 0 Å². The highest BCUT2D eigenvalue weighted by Gasteiger charge is 2.26. The van der Waals surface area contributed by atoms with Crippen LogP contribution in [0.3, 0.4) is 0 Å². The zero-order valence-electron chi connectivity index (χ0n) is 19.0. The minimum atomic E-state index is -0.0422. The van der Waals surface area contributed by atoms with E-state index in [1.54, 1.807) is 0 Å². The van der Waals surface area contributed by atoms with E-state index in [1.165, 1.54) is 0 Å². The predicted octanol–water partition coefficient (Wildman–Crippen LogP) is 3.45. The molecule has 7 heteroatoms. The highest BCUT2D eigenvalue weighted by atomic mass is 16.5. The van der Waals surface area contributed by atoms with Gasteiger partial charge in [0, 0.05) is 49.2 Å². The largest absolute Gasteiger partial charge is 0.376 e. The molecule has 0 amide bonds. The molecule has 0 bridgehead atoms. The number of benzene rings is 1. The molecule has 0 aliphatic carbocycles. The molecule has 32 heavy (non-hydrogen) atoms. The molecule has 170 valence electrons. The maximum atomic E-state index is 13.1. The van der Waals surface area contributed by atoms with Crippen LogP contribution in [0.25, 0.3) is 11.0 Å². The van der Waals surface area contributed by atoms with Crippen molar-refractivity contribution >= 4 is 16.8 Å². The van der Waals surface area contributed by atoms with E-state index in [9.17, 15) is 9.59 Å². The van der Waals surface area contributed by atoms with Crippen LogP contribution in [0, 0.1) is 13.8 Å². The van der Waals surface area contributed by atoms with Crippen LogP contribution in [0.4, 0.5) is 0 Å². The Balaban J connectivity index is 1.23. The summed E-state index contributed by atoms with van der Waals surface area (Å²) < 4.78 is 9.92. The number of carbonyl (C=O) groups excluding carboxylic acids is 1. The second-order valence-corrected chi connectivity index (χ2v) is 9.28. The number of aryl methyl sites for hydroxylation is 1. The van der Waals surface area contributed by atoms with Gasteiger partial charge in [0.15, 0.2) is 5.78 Å². The quantitative estimate of drug-likeness (QED) is 0.601. The van der Waals surface area contributed by atoms with Gasteiger partial charge in [-0.25, -0.2) is 4.79 Å². The Kier molecular flexibility index (Phi) is 5.78. The normalized spacial score (nSPS) is 20.4. The van der Waals surface area contributed by atoms with E-state index in [0.717, 1.165) is 79.9 Å². The molecule has 7 nitrogen and oxygen atoms in total. The van der Waals surface area contributed by atoms with Gasteiger partial charge in [-0.2, -0.15) is 0 Å². The first-order chi connectivity index (χ1) is 15.5. The molecular weight excluding hydrogens is 404 g/mol. The monoisotopic (exact) mass is 436 g/mol. The van der Waals surface area contributed by atoms with Crippen molar-refractivity contribution in [2.45, 2.75) is 58.2 Å². The van der Waals surface area contributed by atoms with Crippen LogP contribution >= 0.6 is 0 Å². The lowest BCUT2D eigenvalue weighted by molar-refractivity contribution is 0.0893. The van der Waals surface area contributed by atoms with E-state index in [2.05, 4.69) is 21.4 Å². The molecule has 2 aliphatic rings. The Bertz CT molecular complexity index is 1170. The number of para-hydroxylation sites is 2. The third-order valence-electron chi connectivity index (χ3n) is 7.20. The maximum absolute atomic E-state index is 13.1. The molecule has 2 aliphatic heterocycles. The summed E-state index contributed by atoms with van der Waals surface area (Å²) in [5.74, 6) is 0.180. The van der Waals surface area contributed by atoms with Gasteiger partial charge in [0.1, 0.15) is 0 Å². The zero-order valence-corrected chi connectivity index (χ0v) is 19.0. The zero-order chi connectivity index (χ0) is 22.2. The minimum absolute atomic E-state index is 0.0422. The van der Waals surface area contributed by atoms with Crippen molar-refractivity contribution in [1.82, 2.24) is 19.0 Å². The van der Waals surface area contributed by atoms with Crippen molar-refractivity contribution in [2.75, 3.05) is 26.2 Å². The number of fused-ring (bicyclic) bond motifs is 1. The average Bonchev–Trinajstić information content (AvgIpc) is 3.48. The van der Waals surface area contributed by atoms with E-state index in [-0.39, 0.29) is 23.6 Å². The van der Waals surface area contributed by atoms with E-state index in [1.807, 2.05) is 41.8 Å². The van der Waals surface area contributed by atoms with Crippen LogP contribution in [-0.2, 0) is 11.3 Å². The molecule has 2 saturated heterocycles. The molecule has 4 heterocycles. The van der Waals surface area contributed by atoms with Crippen LogP contribution in [0.15, 0.2) is 35.1 Å². The van der Waals surface area contributed by atoms with Gasteiger partial charge < -0.3 is 14.3 Å². The van der Waals surface area contributed by atoms with E-state index >= 15 is 0 Å². The van der Waals surface area contributed by atoms with Gasteiger partial charge in [-0.15, -0.1) is 0 Å². The van der Waals surface area contributed by atoms with Crippen LogP contribution in [-0.4, -0.2) is 57.1 Å². The topological polar surface area (TPSA) is 72.3 Å². The highest BCUT2D eigenvalue weighted by molar-refractivity contribution is 5.99. The lowest BCUT2D eigenvalue weighted by Crippen LogP contribution is -2.39. The molecular formula is C25H32N4O3. The number of hydrogen-bond acceptors (Lipinski definition) is 4. The molecule has 0 unspecified atom stereocenters. The molecule has 0 spiro atoms. The summed E-state index contributed by atoms with van der Waals surface area (Å²) in [4.78, 5) is 30.8. The molecule has 3 aromatic rings. The Morgan fingerprint density at radius 3 is 2.69 bits per heavy atom. The smallest absolute Gasteiger partial charge is 0.326 e. The predicted molar refractivity (Wildman–Crippen MR) is 124 cm³/mol. The second kappa shape index (κ2) is 8.71. The molecule has 1 N–H and O–H groups in total. The number of carbonyl (C=O) groups is 1. The van der Waals surface area contributed by atoms with Crippen molar-refractivity contribution in [3.05, 3.63) is 57.8 Å². The molecule has 2 aromatic heterocycles. The van der Waals surface area contributed by atoms with Gasteiger partial charge in [0.25, 0.3) is 0 Å². The maximum Gasteiger partial charge on any atom is 0.326 e. The fourth-order valence-corrected chi connectivity index (χ4v) is 5.42. The average molecular weight is 437 g/mol. The summed E-state index contributed by atoms with van der Waals surface area (Å²) in [5.41, 5.74) is 4.80. The molecule has 0 radical (unpaired) electrons. The Labute approximate surface area is 188 Å². The number of nitrogens with zero attached hydrogens (tertiary/aromatic N) is 3. The molecule has 1 atom stereocenters. The number of likely N-dealkylation sites (tertiary alicyclic amines) is 1. The van der Waals surface area contributed by atoms with Crippen molar-refractivity contribution in [1.29, 1.82) is 0 Å². The molecule has 5 rings (SSSR count). The first-order valence-corrected chi connectivity index (χ1v) is 11.7. The fourth-order valence-electron chi connectivity index (χ4n) is 5.42. The molecule has 2 fully saturated rings. The third-order valence-corrected chi connectivity index (χ3v) is 7.20. The van der Waals surface area contributed by atoms with Crippen LogP contribution < -0.4 is 5.69 Å². The Hall–Kier alpha value is -2.64.